The lowest BCUT2D eigenvalue weighted by molar-refractivity contribution is -0.178. The molecular formula is C23H40N2O3. The van der Waals surface area contributed by atoms with Gasteiger partial charge in [-0.1, -0.05) is 55.4 Å². The first kappa shape index (κ1) is 22.9. The van der Waals surface area contributed by atoms with Crippen molar-refractivity contribution in [3.63, 3.8) is 0 Å². The molecule has 0 aliphatic carbocycles. The molecule has 0 N–H and O–H groups in total. The average molecular weight is 393 g/mol. The Bertz CT molecular complexity index is 557. The number of carbonyl (C=O) groups excluding carboxylic acids is 3. The number of fused-ring (bicyclic) bond motifs is 2. The highest BCUT2D eigenvalue weighted by Crippen LogP contribution is 2.50. The van der Waals surface area contributed by atoms with Gasteiger partial charge in [0.1, 0.15) is 0 Å². The Morgan fingerprint density at radius 3 is 1.21 bits per heavy atom. The van der Waals surface area contributed by atoms with Crippen LogP contribution in [0.3, 0.4) is 0 Å². The highest BCUT2D eigenvalue weighted by atomic mass is 16.2. The van der Waals surface area contributed by atoms with Gasteiger partial charge in [-0.15, -0.1) is 0 Å². The maximum Gasteiger partial charge on any atom is 0.222 e. The van der Waals surface area contributed by atoms with Crippen molar-refractivity contribution in [1.82, 2.24) is 9.80 Å². The van der Waals surface area contributed by atoms with Crippen molar-refractivity contribution in [3.8, 4) is 0 Å². The molecular weight excluding hydrogens is 352 g/mol. The van der Waals surface area contributed by atoms with E-state index < -0.39 is 10.8 Å². The van der Waals surface area contributed by atoms with Crippen molar-refractivity contribution in [3.05, 3.63) is 0 Å². The molecule has 2 saturated heterocycles. The highest BCUT2D eigenvalue weighted by Gasteiger charge is 2.63. The second-order valence-corrected chi connectivity index (χ2v) is 10.6. The van der Waals surface area contributed by atoms with Gasteiger partial charge in [0.25, 0.3) is 0 Å². The van der Waals surface area contributed by atoms with Gasteiger partial charge in [-0.3, -0.25) is 14.4 Å². The van der Waals surface area contributed by atoms with Gasteiger partial charge in [-0.25, -0.2) is 0 Å². The number of likely N-dealkylation sites (tertiary alicyclic amines) is 2. The zero-order chi connectivity index (χ0) is 21.4. The van der Waals surface area contributed by atoms with E-state index in [2.05, 4.69) is 55.4 Å². The van der Waals surface area contributed by atoms with Crippen LogP contribution in [0.2, 0.25) is 0 Å². The molecule has 2 fully saturated rings. The van der Waals surface area contributed by atoms with E-state index in [0.717, 1.165) is 0 Å². The monoisotopic (exact) mass is 392 g/mol. The second kappa shape index (κ2) is 8.16. The summed E-state index contributed by atoms with van der Waals surface area (Å²) in [4.78, 5) is 43.7. The van der Waals surface area contributed by atoms with Crippen molar-refractivity contribution in [1.29, 1.82) is 0 Å². The smallest absolute Gasteiger partial charge is 0.222 e. The topological polar surface area (TPSA) is 57.7 Å². The van der Waals surface area contributed by atoms with Crippen molar-refractivity contribution in [2.75, 3.05) is 26.2 Å². The van der Waals surface area contributed by atoms with Crippen molar-refractivity contribution < 1.29 is 14.4 Å². The summed E-state index contributed by atoms with van der Waals surface area (Å²) in [5, 5.41) is 0. The van der Waals surface area contributed by atoms with Crippen LogP contribution in [0.4, 0.5) is 0 Å². The Kier molecular flexibility index (Phi) is 6.67. The number of ketones is 1. The highest BCUT2D eigenvalue weighted by molar-refractivity contribution is 5.96. The van der Waals surface area contributed by atoms with Gasteiger partial charge in [-0.05, 0) is 23.7 Å². The molecule has 28 heavy (non-hydrogen) atoms. The van der Waals surface area contributed by atoms with Gasteiger partial charge >= 0.3 is 0 Å². The number of Topliss-reactive ketones (excluding diaryl/α,β-unsaturated/α-hetero) is 1. The van der Waals surface area contributed by atoms with Crippen LogP contribution in [0.15, 0.2) is 0 Å². The third-order valence-corrected chi connectivity index (χ3v) is 6.88. The van der Waals surface area contributed by atoms with Crippen LogP contribution in [0.5, 0.6) is 0 Å². The summed E-state index contributed by atoms with van der Waals surface area (Å²) in [6.45, 7) is 18.2. The molecule has 2 bridgehead atoms. The van der Waals surface area contributed by atoms with Gasteiger partial charge in [0, 0.05) is 39.0 Å². The number of hydrogen-bond acceptors (Lipinski definition) is 3. The zero-order valence-electron chi connectivity index (χ0n) is 19.2. The summed E-state index contributed by atoms with van der Waals surface area (Å²) in [5.74, 6) is 1.27. The van der Waals surface area contributed by atoms with E-state index in [4.69, 9.17) is 0 Å². The van der Waals surface area contributed by atoms with Crippen molar-refractivity contribution >= 4 is 17.6 Å². The molecule has 5 heteroatoms. The fourth-order valence-corrected chi connectivity index (χ4v) is 4.92. The molecule has 2 aliphatic heterocycles. The SMILES string of the molecule is CC(C)CC(=O)N1CC2(C(C)C)CN(C(=O)CC(C)C)CC(C(C)C)(C1)C2=O. The van der Waals surface area contributed by atoms with E-state index in [1.807, 2.05) is 9.80 Å². The second-order valence-electron chi connectivity index (χ2n) is 10.6. The fourth-order valence-electron chi connectivity index (χ4n) is 4.92. The van der Waals surface area contributed by atoms with E-state index in [-0.39, 0.29) is 29.4 Å². The van der Waals surface area contributed by atoms with Crippen molar-refractivity contribution in [2.24, 2.45) is 34.5 Å². The van der Waals surface area contributed by atoms with Crippen LogP contribution in [0, 0.1) is 34.5 Å². The van der Waals surface area contributed by atoms with Gasteiger partial charge in [0.05, 0.1) is 10.8 Å². The normalized spacial score (nSPS) is 28.1. The number of amides is 2. The summed E-state index contributed by atoms with van der Waals surface area (Å²) < 4.78 is 0. The van der Waals surface area contributed by atoms with E-state index in [1.165, 1.54) is 0 Å². The Hall–Kier alpha value is -1.39. The number of carbonyl (C=O) groups is 3. The molecule has 160 valence electrons. The molecule has 0 aromatic heterocycles. The minimum Gasteiger partial charge on any atom is -0.341 e. The van der Waals surface area contributed by atoms with Crippen LogP contribution < -0.4 is 0 Å². The Morgan fingerprint density at radius 1 is 0.714 bits per heavy atom. The van der Waals surface area contributed by atoms with Gasteiger partial charge < -0.3 is 9.80 Å². The van der Waals surface area contributed by atoms with Gasteiger partial charge in [0.15, 0.2) is 5.78 Å². The van der Waals surface area contributed by atoms with Gasteiger partial charge in [0.2, 0.25) is 11.8 Å². The predicted molar refractivity (Wildman–Crippen MR) is 112 cm³/mol. The molecule has 5 nitrogen and oxygen atoms in total. The molecule has 0 unspecified atom stereocenters. The van der Waals surface area contributed by atoms with E-state index in [0.29, 0.717) is 50.9 Å². The quantitative estimate of drug-likeness (QED) is 0.694. The van der Waals surface area contributed by atoms with Crippen LogP contribution in [-0.4, -0.2) is 53.6 Å². The Morgan fingerprint density at radius 2 is 1.00 bits per heavy atom. The predicted octanol–water partition coefficient (Wildman–Crippen LogP) is 3.62. The Labute approximate surface area is 171 Å². The first-order chi connectivity index (χ1) is 12.9. The lowest BCUT2D eigenvalue weighted by Gasteiger charge is -2.60. The largest absolute Gasteiger partial charge is 0.341 e. The van der Waals surface area contributed by atoms with Gasteiger partial charge in [-0.2, -0.15) is 0 Å². The molecule has 0 atom stereocenters. The molecule has 2 heterocycles. The first-order valence-electron chi connectivity index (χ1n) is 11.0. The number of hydrogen-bond donors (Lipinski definition) is 0. The minimum atomic E-state index is -0.667. The average Bonchev–Trinajstić information content (AvgIpc) is 2.52. The lowest BCUT2D eigenvalue weighted by Crippen LogP contribution is -2.73. The number of rotatable bonds is 6. The van der Waals surface area contributed by atoms with Crippen molar-refractivity contribution in [2.45, 2.75) is 68.2 Å². The molecule has 0 aromatic carbocycles. The van der Waals surface area contributed by atoms with Crippen LogP contribution in [0.25, 0.3) is 0 Å². The molecule has 0 aromatic rings. The third kappa shape index (κ3) is 3.99. The maximum absolute atomic E-state index is 13.8. The summed E-state index contributed by atoms with van der Waals surface area (Å²) >= 11 is 0. The summed E-state index contributed by atoms with van der Waals surface area (Å²) in [5.41, 5.74) is -1.33. The molecule has 0 spiro atoms. The third-order valence-electron chi connectivity index (χ3n) is 6.88. The summed E-state index contributed by atoms with van der Waals surface area (Å²) in [6, 6.07) is 0. The minimum absolute atomic E-state index is 0.0717. The number of piperidine rings is 2. The maximum atomic E-state index is 13.8. The summed E-state index contributed by atoms with van der Waals surface area (Å²) in [6.07, 6.45) is 1.01. The van der Waals surface area contributed by atoms with Crippen LogP contribution in [0.1, 0.15) is 68.2 Å². The van der Waals surface area contributed by atoms with Crippen LogP contribution >= 0.6 is 0 Å². The summed E-state index contributed by atoms with van der Waals surface area (Å²) in [7, 11) is 0. The molecule has 2 aliphatic rings. The zero-order valence-corrected chi connectivity index (χ0v) is 19.2. The standard InChI is InChI=1S/C23H40N2O3/c1-15(2)9-19(26)24-11-22(17(5)6)13-25(20(27)10-16(3)4)14-23(12-24,18(7)8)21(22)28/h15-18H,9-14H2,1-8H3. The molecule has 0 radical (unpaired) electrons. The van der Waals surface area contributed by atoms with Crippen LogP contribution in [-0.2, 0) is 14.4 Å². The van der Waals surface area contributed by atoms with E-state index in [9.17, 15) is 14.4 Å². The first-order valence-corrected chi connectivity index (χ1v) is 11.0. The molecule has 2 rings (SSSR count). The Balaban J connectivity index is 2.48. The molecule has 2 amide bonds. The van der Waals surface area contributed by atoms with E-state index >= 15 is 0 Å². The fraction of sp³-hybridized carbons (Fsp3) is 0.870. The molecule has 0 saturated carbocycles. The lowest BCUT2D eigenvalue weighted by atomic mass is 9.55. The number of nitrogens with zero attached hydrogens (tertiary/aromatic N) is 2. The van der Waals surface area contributed by atoms with E-state index in [1.54, 1.807) is 0 Å².